The van der Waals surface area contributed by atoms with Crippen LogP contribution in [0.15, 0.2) is 41.4 Å². The molecule has 2 heterocycles. The Hall–Kier alpha value is -2.95. The summed E-state index contributed by atoms with van der Waals surface area (Å²) in [6, 6.07) is 12.1. The molecule has 1 aromatic heterocycles. The second kappa shape index (κ2) is 6.16. The van der Waals surface area contributed by atoms with Gasteiger partial charge in [-0.3, -0.25) is 4.99 Å². The number of H-pyrrole nitrogens is 1. The average molecular weight is 336 g/mol. The van der Waals surface area contributed by atoms with Crippen LogP contribution in [0.4, 0.5) is 0 Å². The van der Waals surface area contributed by atoms with E-state index in [2.05, 4.69) is 23.2 Å². The first-order valence-corrected chi connectivity index (χ1v) is 8.21. The number of methoxy groups -OCH3 is 3. The lowest BCUT2D eigenvalue weighted by molar-refractivity contribution is 0.349. The molecule has 0 aliphatic carbocycles. The van der Waals surface area contributed by atoms with E-state index in [-0.39, 0.29) is 0 Å². The first-order valence-electron chi connectivity index (χ1n) is 8.21. The van der Waals surface area contributed by atoms with E-state index in [0.29, 0.717) is 17.2 Å². The van der Waals surface area contributed by atoms with Crippen molar-refractivity contribution in [2.24, 2.45) is 4.99 Å². The maximum Gasteiger partial charge on any atom is 0.164 e. The van der Waals surface area contributed by atoms with Gasteiger partial charge in [0.25, 0.3) is 0 Å². The lowest BCUT2D eigenvalue weighted by Gasteiger charge is -2.18. The number of aliphatic imine (C=N–C) groups is 1. The molecule has 5 heteroatoms. The van der Waals surface area contributed by atoms with Gasteiger partial charge < -0.3 is 19.2 Å². The van der Waals surface area contributed by atoms with Crippen LogP contribution in [0.1, 0.15) is 16.8 Å². The molecule has 0 bridgehead atoms. The summed E-state index contributed by atoms with van der Waals surface area (Å²) in [6.07, 6.45) is 0.929. The molecule has 0 saturated heterocycles. The predicted octanol–water partition coefficient (Wildman–Crippen LogP) is 3.59. The molecular formula is C20H20N2O3. The number of aromatic amines is 1. The summed E-state index contributed by atoms with van der Waals surface area (Å²) >= 11 is 0. The van der Waals surface area contributed by atoms with E-state index >= 15 is 0 Å². The van der Waals surface area contributed by atoms with Crippen LogP contribution in [0.2, 0.25) is 0 Å². The number of aromatic nitrogens is 1. The van der Waals surface area contributed by atoms with Gasteiger partial charge in [-0.15, -0.1) is 0 Å². The second-order valence-electron chi connectivity index (χ2n) is 5.91. The molecule has 0 unspecified atom stereocenters. The summed E-state index contributed by atoms with van der Waals surface area (Å²) < 4.78 is 16.5. The summed E-state index contributed by atoms with van der Waals surface area (Å²) in [5.74, 6) is 2.00. The minimum absolute atomic E-state index is 0.636. The molecule has 0 spiro atoms. The van der Waals surface area contributed by atoms with Crippen molar-refractivity contribution in [3.8, 4) is 17.2 Å². The van der Waals surface area contributed by atoms with Crippen LogP contribution in [0.25, 0.3) is 10.9 Å². The van der Waals surface area contributed by atoms with Crippen molar-refractivity contribution >= 4 is 16.6 Å². The van der Waals surface area contributed by atoms with Gasteiger partial charge in [-0.25, -0.2) is 0 Å². The van der Waals surface area contributed by atoms with E-state index in [9.17, 15) is 0 Å². The third-order valence-corrected chi connectivity index (χ3v) is 4.64. The molecule has 0 saturated carbocycles. The van der Waals surface area contributed by atoms with Crippen LogP contribution in [-0.4, -0.2) is 38.6 Å². The first-order chi connectivity index (χ1) is 12.3. The Bertz CT molecular complexity index is 972. The van der Waals surface area contributed by atoms with Crippen LogP contribution < -0.4 is 14.2 Å². The molecule has 3 aromatic rings. The Morgan fingerprint density at radius 1 is 0.920 bits per heavy atom. The van der Waals surface area contributed by atoms with Crippen molar-refractivity contribution in [3.05, 3.63) is 53.2 Å². The highest BCUT2D eigenvalue weighted by Gasteiger charge is 2.24. The quantitative estimate of drug-likeness (QED) is 0.792. The number of benzene rings is 2. The Morgan fingerprint density at radius 3 is 2.40 bits per heavy atom. The van der Waals surface area contributed by atoms with Crippen molar-refractivity contribution in [2.75, 3.05) is 27.9 Å². The largest absolute Gasteiger partial charge is 0.496 e. The minimum Gasteiger partial charge on any atom is -0.496 e. The van der Waals surface area contributed by atoms with Gasteiger partial charge in [0.1, 0.15) is 5.75 Å². The average Bonchev–Trinajstić information content (AvgIpc) is 3.05. The van der Waals surface area contributed by atoms with Crippen LogP contribution in [0.3, 0.4) is 0 Å². The molecular weight excluding hydrogens is 316 g/mol. The van der Waals surface area contributed by atoms with Crippen LogP contribution in [0.5, 0.6) is 17.2 Å². The van der Waals surface area contributed by atoms with Gasteiger partial charge in [-0.2, -0.15) is 0 Å². The smallest absolute Gasteiger partial charge is 0.164 e. The molecule has 0 radical (unpaired) electrons. The Morgan fingerprint density at radius 2 is 1.64 bits per heavy atom. The fraction of sp³-hybridized carbons (Fsp3) is 0.250. The Kier molecular flexibility index (Phi) is 3.84. The topological polar surface area (TPSA) is 55.8 Å². The molecule has 128 valence electrons. The number of ether oxygens (including phenoxy) is 3. The molecule has 4 rings (SSSR count). The number of fused-ring (bicyclic) bond motifs is 3. The number of nitrogens with zero attached hydrogens (tertiary/aromatic N) is 1. The maximum atomic E-state index is 5.60. The highest BCUT2D eigenvalue weighted by molar-refractivity contribution is 6.17. The zero-order valence-corrected chi connectivity index (χ0v) is 14.6. The lowest BCUT2D eigenvalue weighted by atomic mass is 9.97. The minimum atomic E-state index is 0.636. The normalized spacial score (nSPS) is 13.3. The Balaban J connectivity index is 1.93. The molecule has 25 heavy (non-hydrogen) atoms. The third kappa shape index (κ3) is 2.43. The van der Waals surface area contributed by atoms with Crippen LogP contribution >= 0.6 is 0 Å². The molecule has 1 N–H and O–H groups in total. The maximum absolute atomic E-state index is 5.60. The zero-order chi connectivity index (χ0) is 17.4. The van der Waals surface area contributed by atoms with E-state index in [1.807, 2.05) is 18.2 Å². The van der Waals surface area contributed by atoms with Gasteiger partial charge in [-0.1, -0.05) is 18.2 Å². The predicted molar refractivity (Wildman–Crippen MR) is 98.6 cm³/mol. The number of rotatable bonds is 4. The highest BCUT2D eigenvalue weighted by Crippen LogP contribution is 2.37. The van der Waals surface area contributed by atoms with Gasteiger partial charge in [0.05, 0.1) is 32.7 Å². The van der Waals surface area contributed by atoms with E-state index in [0.717, 1.165) is 35.5 Å². The molecule has 2 aromatic carbocycles. The van der Waals surface area contributed by atoms with Gasteiger partial charge in [0, 0.05) is 29.1 Å². The number of hydrogen-bond donors (Lipinski definition) is 1. The molecule has 0 amide bonds. The summed E-state index contributed by atoms with van der Waals surface area (Å²) in [5, 5.41) is 1.25. The Labute approximate surface area is 146 Å². The highest BCUT2D eigenvalue weighted by atomic mass is 16.5. The standard InChI is InChI=1S/C20H20N2O3/c1-23-16-11-18(25-3)17(24-2)10-14(16)19-20-13(8-9-21-19)12-6-4-5-7-15(12)22-20/h4-7,10-11,22H,8-9H2,1-3H3. The van der Waals surface area contributed by atoms with E-state index in [1.54, 1.807) is 21.3 Å². The fourth-order valence-electron chi connectivity index (χ4n) is 3.45. The van der Waals surface area contributed by atoms with Crippen molar-refractivity contribution in [1.82, 2.24) is 4.98 Å². The SMILES string of the molecule is COc1cc(OC)c(C2=NCCc3c2[nH]c2ccccc32)cc1OC. The number of para-hydroxylation sites is 1. The van der Waals surface area contributed by atoms with Crippen LogP contribution in [-0.2, 0) is 6.42 Å². The lowest BCUT2D eigenvalue weighted by Crippen LogP contribution is -2.15. The first kappa shape index (κ1) is 15.6. The van der Waals surface area contributed by atoms with E-state index in [4.69, 9.17) is 19.2 Å². The van der Waals surface area contributed by atoms with Crippen molar-refractivity contribution in [1.29, 1.82) is 0 Å². The number of nitrogens with one attached hydrogen (secondary N) is 1. The summed E-state index contributed by atoms with van der Waals surface area (Å²) in [7, 11) is 4.90. The zero-order valence-electron chi connectivity index (χ0n) is 14.6. The molecule has 1 aliphatic rings. The van der Waals surface area contributed by atoms with E-state index in [1.165, 1.54) is 10.9 Å². The summed E-state index contributed by atoms with van der Waals surface area (Å²) in [4.78, 5) is 8.31. The van der Waals surface area contributed by atoms with Crippen molar-refractivity contribution in [2.45, 2.75) is 6.42 Å². The van der Waals surface area contributed by atoms with Gasteiger partial charge >= 0.3 is 0 Å². The van der Waals surface area contributed by atoms with Crippen molar-refractivity contribution < 1.29 is 14.2 Å². The third-order valence-electron chi connectivity index (χ3n) is 4.64. The molecule has 0 fully saturated rings. The van der Waals surface area contributed by atoms with Gasteiger partial charge in [-0.05, 0) is 24.1 Å². The van der Waals surface area contributed by atoms with E-state index < -0.39 is 0 Å². The van der Waals surface area contributed by atoms with Crippen LogP contribution in [0, 0.1) is 0 Å². The summed E-state index contributed by atoms with van der Waals surface area (Å²) in [6.45, 7) is 0.752. The number of hydrogen-bond acceptors (Lipinski definition) is 4. The van der Waals surface area contributed by atoms with Gasteiger partial charge in [0.15, 0.2) is 11.5 Å². The molecule has 1 aliphatic heterocycles. The van der Waals surface area contributed by atoms with Crippen molar-refractivity contribution in [3.63, 3.8) is 0 Å². The van der Waals surface area contributed by atoms with Gasteiger partial charge in [0.2, 0.25) is 0 Å². The monoisotopic (exact) mass is 336 g/mol. The second-order valence-corrected chi connectivity index (χ2v) is 5.91. The molecule has 0 atom stereocenters. The molecule has 5 nitrogen and oxygen atoms in total. The summed E-state index contributed by atoms with van der Waals surface area (Å²) in [5.41, 5.74) is 5.28. The fourth-order valence-corrected chi connectivity index (χ4v) is 3.45.